The van der Waals surface area contributed by atoms with Crippen LogP contribution in [-0.2, 0) is 9.47 Å². The lowest BCUT2D eigenvalue weighted by atomic mass is 10.1. The third-order valence-electron chi connectivity index (χ3n) is 3.17. The third kappa shape index (κ3) is 1.29. The Bertz CT molecular complexity index is 273. The second-order valence-corrected chi connectivity index (χ2v) is 4.22. The SMILES string of the molecule is CC1NC2=C(CN(C3COC3)CC2)O1. The van der Waals surface area contributed by atoms with E-state index in [2.05, 4.69) is 17.1 Å². The molecule has 0 radical (unpaired) electrons. The topological polar surface area (TPSA) is 33.7 Å². The van der Waals surface area contributed by atoms with E-state index >= 15 is 0 Å². The summed E-state index contributed by atoms with van der Waals surface area (Å²) in [5.41, 5.74) is 1.31. The molecule has 3 rings (SSSR count). The molecule has 4 heteroatoms. The highest BCUT2D eigenvalue weighted by atomic mass is 16.5. The van der Waals surface area contributed by atoms with E-state index in [1.807, 2.05) is 0 Å². The van der Waals surface area contributed by atoms with Gasteiger partial charge in [-0.15, -0.1) is 0 Å². The Balaban J connectivity index is 1.67. The highest BCUT2D eigenvalue weighted by molar-refractivity contribution is 5.17. The van der Waals surface area contributed by atoms with Crippen molar-refractivity contribution in [3.8, 4) is 0 Å². The van der Waals surface area contributed by atoms with E-state index in [0.29, 0.717) is 6.04 Å². The van der Waals surface area contributed by atoms with Crippen molar-refractivity contribution >= 4 is 0 Å². The van der Waals surface area contributed by atoms with Gasteiger partial charge in [0.1, 0.15) is 5.76 Å². The highest BCUT2D eigenvalue weighted by Gasteiger charge is 2.33. The molecule has 3 heterocycles. The number of hydrogen-bond donors (Lipinski definition) is 1. The van der Waals surface area contributed by atoms with Gasteiger partial charge in [0, 0.05) is 13.0 Å². The van der Waals surface area contributed by atoms with E-state index in [1.54, 1.807) is 0 Å². The first-order chi connectivity index (χ1) is 6.83. The van der Waals surface area contributed by atoms with Crippen LogP contribution in [0.1, 0.15) is 13.3 Å². The summed E-state index contributed by atoms with van der Waals surface area (Å²) in [7, 11) is 0. The molecule has 1 atom stereocenters. The van der Waals surface area contributed by atoms with Crippen molar-refractivity contribution in [1.82, 2.24) is 10.2 Å². The first kappa shape index (κ1) is 8.56. The van der Waals surface area contributed by atoms with Gasteiger partial charge in [-0.3, -0.25) is 4.90 Å². The average Bonchev–Trinajstić information content (AvgIpc) is 2.40. The van der Waals surface area contributed by atoms with E-state index in [0.717, 1.165) is 38.5 Å². The molecular formula is C10H16N2O2. The Morgan fingerprint density at radius 3 is 3.00 bits per heavy atom. The average molecular weight is 196 g/mol. The van der Waals surface area contributed by atoms with Gasteiger partial charge in [0.15, 0.2) is 6.23 Å². The Kier molecular flexibility index (Phi) is 1.92. The van der Waals surface area contributed by atoms with Crippen LogP contribution in [0.2, 0.25) is 0 Å². The molecule has 0 aromatic rings. The maximum atomic E-state index is 5.70. The zero-order valence-electron chi connectivity index (χ0n) is 8.45. The molecule has 78 valence electrons. The minimum absolute atomic E-state index is 0.164. The minimum atomic E-state index is 0.164. The Morgan fingerprint density at radius 2 is 2.29 bits per heavy atom. The van der Waals surface area contributed by atoms with E-state index in [9.17, 15) is 0 Å². The predicted molar refractivity (Wildman–Crippen MR) is 51.5 cm³/mol. The Hall–Kier alpha value is -0.740. The molecular weight excluding hydrogens is 180 g/mol. The van der Waals surface area contributed by atoms with Crippen LogP contribution in [0, 0.1) is 0 Å². The second kappa shape index (κ2) is 3.14. The van der Waals surface area contributed by atoms with Crippen molar-refractivity contribution in [3.05, 3.63) is 11.5 Å². The molecule has 0 saturated carbocycles. The fourth-order valence-corrected chi connectivity index (χ4v) is 2.25. The zero-order valence-corrected chi connectivity index (χ0v) is 8.45. The number of nitrogens with zero attached hydrogens (tertiary/aromatic N) is 1. The Labute approximate surface area is 83.9 Å². The third-order valence-corrected chi connectivity index (χ3v) is 3.17. The van der Waals surface area contributed by atoms with Crippen LogP contribution in [0.5, 0.6) is 0 Å². The van der Waals surface area contributed by atoms with E-state index in [-0.39, 0.29) is 6.23 Å². The molecule has 1 saturated heterocycles. The summed E-state index contributed by atoms with van der Waals surface area (Å²) in [6.45, 7) is 5.93. The molecule has 4 nitrogen and oxygen atoms in total. The summed E-state index contributed by atoms with van der Waals surface area (Å²) in [4.78, 5) is 2.46. The number of ether oxygens (including phenoxy) is 2. The first-order valence-corrected chi connectivity index (χ1v) is 5.30. The second-order valence-electron chi connectivity index (χ2n) is 4.22. The highest BCUT2D eigenvalue weighted by Crippen LogP contribution is 2.26. The summed E-state index contributed by atoms with van der Waals surface area (Å²) in [5, 5.41) is 3.35. The Morgan fingerprint density at radius 1 is 1.43 bits per heavy atom. The molecule has 3 aliphatic heterocycles. The molecule has 0 aromatic carbocycles. The van der Waals surface area contributed by atoms with Crippen LogP contribution >= 0.6 is 0 Å². The van der Waals surface area contributed by atoms with Gasteiger partial charge in [0.25, 0.3) is 0 Å². The molecule has 0 spiro atoms. The maximum absolute atomic E-state index is 5.70. The van der Waals surface area contributed by atoms with Gasteiger partial charge >= 0.3 is 0 Å². The standard InChI is InChI=1S/C10H16N2O2/c1-7-11-9-2-3-12(4-10(9)14-7)8-5-13-6-8/h7-8,11H,2-6H2,1H3. The van der Waals surface area contributed by atoms with E-state index in [1.165, 1.54) is 5.70 Å². The minimum Gasteiger partial charge on any atom is -0.472 e. The normalized spacial score (nSPS) is 33.4. The predicted octanol–water partition coefficient (Wildman–Crippen LogP) is 0.268. The molecule has 1 N–H and O–H groups in total. The van der Waals surface area contributed by atoms with Crippen LogP contribution < -0.4 is 5.32 Å². The summed E-state index contributed by atoms with van der Waals surface area (Å²) in [5.74, 6) is 1.15. The van der Waals surface area contributed by atoms with Crippen LogP contribution in [0.15, 0.2) is 11.5 Å². The van der Waals surface area contributed by atoms with Gasteiger partial charge in [0.2, 0.25) is 0 Å². The monoisotopic (exact) mass is 196 g/mol. The fraction of sp³-hybridized carbons (Fsp3) is 0.800. The summed E-state index contributed by atoms with van der Waals surface area (Å²) in [6, 6.07) is 0.628. The first-order valence-electron chi connectivity index (χ1n) is 5.30. The van der Waals surface area contributed by atoms with Crippen LogP contribution in [0.3, 0.4) is 0 Å². The van der Waals surface area contributed by atoms with Gasteiger partial charge in [0.05, 0.1) is 31.5 Å². The van der Waals surface area contributed by atoms with Crippen LogP contribution in [0.4, 0.5) is 0 Å². The van der Waals surface area contributed by atoms with Gasteiger partial charge in [-0.25, -0.2) is 0 Å². The largest absolute Gasteiger partial charge is 0.472 e. The molecule has 0 aromatic heterocycles. The smallest absolute Gasteiger partial charge is 0.166 e. The molecule has 0 bridgehead atoms. The van der Waals surface area contributed by atoms with Gasteiger partial charge in [-0.1, -0.05) is 0 Å². The van der Waals surface area contributed by atoms with Crippen LogP contribution in [0.25, 0.3) is 0 Å². The van der Waals surface area contributed by atoms with E-state index in [4.69, 9.17) is 9.47 Å². The number of nitrogens with one attached hydrogen (secondary N) is 1. The van der Waals surface area contributed by atoms with Gasteiger partial charge in [-0.2, -0.15) is 0 Å². The van der Waals surface area contributed by atoms with Crippen molar-refractivity contribution in [2.45, 2.75) is 25.6 Å². The van der Waals surface area contributed by atoms with Crippen molar-refractivity contribution in [1.29, 1.82) is 0 Å². The number of hydrogen-bond acceptors (Lipinski definition) is 4. The summed E-state index contributed by atoms with van der Waals surface area (Å²) < 4.78 is 10.9. The fourth-order valence-electron chi connectivity index (χ4n) is 2.25. The lowest BCUT2D eigenvalue weighted by molar-refractivity contribution is -0.0670. The van der Waals surface area contributed by atoms with Crippen molar-refractivity contribution < 1.29 is 9.47 Å². The summed E-state index contributed by atoms with van der Waals surface area (Å²) in [6.07, 6.45) is 1.26. The van der Waals surface area contributed by atoms with E-state index < -0.39 is 0 Å². The molecule has 1 fully saturated rings. The molecule has 3 aliphatic rings. The molecule has 0 aliphatic carbocycles. The molecule has 14 heavy (non-hydrogen) atoms. The molecule has 1 unspecified atom stereocenters. The zero-order chi connectivity index (χ0) is 9.54. The van der Waals surface area contributed by atoms with Crippen molar-refractivity contribution in [2.24, 2.45) is 0 Å². The summed E-state index contributed by atoms with van der Waals surface area (Å²) >= 11 is 0. The lowest BCUT2D eigenvalue weighted by Gasteiger charge is -2.38. The molecule has 0 amide bonds. The van der Waals surface area contributed by atoms with Crippen molar-refractivity contribution in [2.75, 3.05) is 26.3 Å². The van der Waals surface area contributed by atoms with Gasteiger partial charge < -0.3 is 14.8 Å². The lowest BCUT2D eigenvalue weighted by Crippen LogP contribution is -2.51. The van der Waals surface area contributed by atoms with Gasteiger partial charge in [-0.05, 0) is 6.92 Å². The number of rotatable bonds is 1. The maximum Gasteiger partial charge on any atom is 0.166 e. The quantitative estimate of drug-likeness (QED) is 0.652. The van der Waals surface area contributed by atoms with Crippen molar-refractivity contribution in [3.63, 3.8) is 0 Å². The van der Waals surface area contributed by atoms with Crippen LogP contribution in [-0.4, -0.2) is 43.5 Å².